The monoisotopic (exact) mass is 425 g/mol. The van der Waals surface area contributed by atoms with E-state index in [1.54, 1.807) is 0 Å². The van der Waals surface area contributed by atoms with E-state index in [2.05, 4.69) is 49.0 Å². The predicted molar refractivity (Wildman–Crippen MR) is 124 cm³/mol. The van der Waals surface area contributed by atoms with Crippen LogP contribution in [-0.4, -0.2) is 32.2 Å². The number of benzene rings is 2. The predicted octanol–water partition coefficient (Wildman–Crippen LogP) is 5.91. The quantitative estimate of drug-likeness (QED) is 0.255. The first-order valence-corrected chi connectivity index (χ1v) is 11.8. The van der Waals surface area contributed by atoms with E-state index in [1.165, 1.54) is 19.8 Å². The van der Waals surface area contributed by atoms with E-state index in [-0.39, 0.29) is 0 Å². The van der Waals surface area contributed by atoms with Crippen LogP contribution in [0.3, 0.4) is 0 Å². The highest BCUT2D eigenvalue weighted by molar-refractivity contribution is 7.54. The van der Waals surface area contributed by atoms with E-state index in [0.717, 1.165) is 12.0 Å². The molecule has 0 saturated carbocycles. The van der Waals surface area contributed by atoms with Crippen molar-refractivity contribution in [3.63, 3.8) is 0 Å². The number of hydrogen-bond donors (Lipinski definition) is 0. The van der Waals surface area contributed by atoms with Gasteiger partial charge in [-0.05, 0) is 29.5 Å². The highest BCUT2D eigenvalue weighted by atomic mass is 31.2. The van der Waals surface area contributed by atoms with Crippen molar-refractivity contribution in [2.24, 2.45) is 5.92 Å². The van der Waals surface area contributed by atoms with Gasteiger partial charge in [-0.3, -0.25) is 9.46 Å². The van der Waals surface area contributed by atoms with Crippen LogP contribution in [0.2, 0.25) is 0 Å². The van der Waals surface area contributed by atoms with Crippen LogP contribution >= 0.6 is 7.60 Å². The summed E-state index contributed by atoms with van der Waals surface area (Å²) >= 11 is 0. The topological polar surface area (TPSA) is 38.8 Å². The van der Waals surface area contributed by atoms with E-state index >= 15 is 0 Å². The maximum absolute atomic E-state index is 13.7. The average Bonchev–Trinajstić information content (AvgIpc) is 2.77. The second-order valence-corrected chi connectivity index (χ2v) is 9.71. The van der Waals surface area contributed by atoms with Crippen molar-refractivity contribution >= 4 is 7.60 Å². The van der Waals surface area contributed by atoms with Gasteiger partial charge in [-0.1, -0.05) is 80.5 Å². The normalized spacial score (nSPS) is 13.1. The maximum Gasteiger partial charge on any atom is 0.351 e. The molecule has 0 aliphatic rings. The van der Waals surface area contributed by atoms with E-state index in [9.17, 15) is 4.57 Å². The van der Waals surface area contributed by atoms with Gasteiger partial charge in [-0.2, -0.15) is 0 Å². The molecule has 0 N–H and O–H groups in total. The van der Waals surface area contributed by atoms with Crippen molar-refractivity contribution in [2.45, 2.75) is 26.1 Å². The summed E-state index contributed by atoms with van der Waals surface area (Å²) in [6.07, 6.45) is 10.8. The Morgan fingerprint density at radius 1 is 1.07 bits per heavy atom. The lowest BCUT2D eigenvalue weighted by Gasteiger charge is -2.35. The highest BCUT2D eigenvalue weighted by Crippen LogP contribution is 2.61. The summed E-state index contributed by atoms with van der Waals surface area (Å²) in [6, 6.07) is 17.8. The molecular formula is C25H32NO3P. The van der Waals surface area contributed by atoms with Gasteiger partial charge >= 0.3 is 7.60 Å². The highest BCUT2D eigenvalue weighted by Gasteiger charge is 2.40. The minimum atomic E-state index is -3.50. The van der Waals surface area contributed by atoms with Crippen LogP contribution in [-0.2, 0) is 20.0 Å². The number of allylic oxidation sites excluding steroid dienone is 1. The molecule has 0 fully saturated rings. The van der Waals surface area contributed by atoms with Crippen LogP contribution in [0.5, 0.6) is 0 Å². The molecular weight excluding hydrogens is 393 g/mol. The van der Waals surface area contributed by atoms with Crippen LogP contribution in [0, 0.1) is 18.3 Å². The van der Waals surface area contributed by atoms with Crippen molar-refractivity contribution in [1.29, 1.82) is 0 Å². The molecule has 0 heterocycles. The molecule has 0 radical (unpaired) electrons. The molecule has 2 aromatic carbocycles. The Balaban J connectivity index is 2.49. The van der Waals surface area contributed by atoms with E-state index in [1.807, 2.05) is 42.5 Å². The van der Waals surface area contributed by atoms with E-state index < -0.39 is 13.4 Å². The Bertz CT molecular complexity index is 894. The fourth-order valence-electron chi connectivity index (χ4n) is 3.39. The number of hydrogen-bond acceptors (Lipinski definition) is 4. The lowest BCUT2D eigenvalue weighted by molar-refractivity contribution is 0.200. The van der Waals surface area contributed by atoms with E-state index in [0.29, 0.717) is 24.6 Å². The smallest absolute Gasteiger partial charge is 0.311 e. The van der Waals surface area contributed by atoms with Crippen molar-refractivity contribution < 1.29 is 13.6 Å². The summed E-state index contributed by atoms with van der Waals surface area (Å²) in [5, 5.41) is 0. The van der Waals surface area contributed by atoms with Gasteiger partial charge in [0.1, 0.15) is 5.78 Å². The van der Waals surface area contributed by atoms with Gasteiger partial charge in [0.05, 0.1) is 0 Å². The zero-order valence-corrected chi connectivity index (χ0v) is 19.2. The van der Waals surface area contributed by atoms with Crippen LogP contribution in [0.4, 0.5) is 0 Å². The minimum Gasteiger partial charge on any atom is -0.311 e. The van der Waals surface area contributed by atoms with Crippen molar-refractivity contribution in [1.82, 2.24) is 4.90 Å². The summed E-state index contributed by atoms with van der Waals surface area (Å²) in [5.74, 6) is 2.54. The summed E-state index contributed by atoms with van der Waals surface area (Å²) in [6.45, 7) is 5.54. The summed E-state index contributed by atoms with van der Waals surface area (Å²) in [5.41, 5.74) is 2.68. The van der Waals surface area contributed by atoms with E-state index in [4.69, 9.17) is 15.5 Å². The number of terminal acetylenes is 1. The summed E-state index contributed by atoms with van der Waals surface area (Å²) in [7, 11) is -0.647. The minimum absolute atomic E-state index is 0.425. The van der Waals surface area contributed by atoms with Gasteiger partial charge in [-0.15, -0.1) is 6.42 Å². The Kier molecular flexibility index (Phi) is 9.56. The molecule has 0 aromatic heterocycles. The van der Waals surface area contributed by atoms with Crippen LogP contribution < -0.4 is 0 Å². The molecule has 2 rings (SSSR count). The fourth-order valence-corrected chi connectivity index (χ4v) is 5.12. The van der Waals surface area contributed by atoms with Crippen molar-refractivity contribution in [2.75, 3.05) is 27.3 Å². The first kappa shape index (κ1) is 24.1. The molecule has 0 amide bonds. The van der Waals surface area contributed by atoms with Gasteiger partial charge in [0, 0.05) is 32.9 Å². The van der Waals surface area contributed by atoms with Gasteiger partial charge in [-0.25, -0.2) is 0 Å². The first-order valence-electron chi connectivity index (χ1n) is 10.2. The fraction of sp³-hybridized carbons (Fsp3) is 0.360. The standard InChI is InChI=1S/C25H32NO3P/c1-6-23-16-10-11-17-24(23)25(30(27,28-4)29-5)26(19-12-13-21(2)3)20-18-22-14-8-7-9-15-22/h1,7-17,21,25H,18-20H2,2-5H3/b13-12+. The second-order valence-electron chi connectivity index (χ2n) is 7.41. The average molecular weight is 426 g/mol. The molecule has 0 aliphatic heterocycles. The van der Waals surface area contributed by atoms with Gasteiger partial charge in [0.15, 0.2) is 0 Å². The molecule has 1 unspecified atom stereocenters. The lowest BCUT2D eigenvalue weighted by atomic mass is 10.1. The Hall–Kier alpha value is -2.15. The van der Waals surface area contributed by atoms with Crippen molar-refractivity contribution in [3.8, 4) is 12.3 Å². The zero-order chi connectivity index (χ0) is 22.0. The molecule has 160 valence electrons. The molecule has 4 nitrogen and oxygen atoms in total. The number of rotatable bonds is 11. The maximum atomic E-state index is 13.7. The second kappa shape index (κ2) is 11.9. The third kappa shape index (κ3) is 6.42. The Morgan fingerprint density at radius 3 is 2.30 bits per heavy atom. The molecule has 2 aromatic rings. The summed E-state index contributed by atoms with van der Waals surface area (Å²) < 4.78 is 24.6. The Morgan fingerprint density at radius 2 is 1.70 bits per heavy atom. The molecule has 0 bridgehead atoms. The third-order valence-electron chi connectivity index (χ3n) is 4.94. The SMILES string of the molecule is C#Cc1ccccc1C(N(C/C=C/C(C)C)CCc1ccccc1)P(=O)(OC)OC. The van der Waals surface area contributed by atoms with Gasteiger partial charge in [0.2, 0.25) is 0 Å². The molecule has 0 spiro atoms. The number of nitrogens with zero attached hydrogens (tertiary/aromatic N) is 1. The van der Waals surface area contributed by atoms with Crippen LogP contribution in [0.15, 0.2) is 66.7 Å². The largest absolute Gasteiger partial charge is 0.351 e. The van der Waals surface area contributed by atoms with Gasteiger partial charge < -0.3 is 9.05 Å². The molecule has 0 aliphatic carbocycles. The molecule has 0 saturated heterocycles. The Labute approximate surface area is 181 Å². The van der Waals surface area contributed by atoms with Crippen molar-refractivity contribution in [3.05, 3.63) is 83.4 Å². The lowest BCUT2D eigenvalue weighted by Crippen LogP contribution is -2.32. The summed E-state index contributed by atoms with van der Waals surface area (Å²) in [4.78, 5) is 2.13. The van der Waals surface area contributed by atoms with Crippen LogP contribution in [0.1, 0.15) is 36.3 Å². The van der Waals surface area contributed by atoms with Crippen LogP contribution in [0.25, 0.3) is 0 Å². The third-order valence-corrected chi connectivity index (χ3v) is 7.16. The molecule has 30 heavy (non-hydrogen) atoms. The van der Waals surface area contributed by atoms with Gasteiger partial charge in [0.25, 0.3) is 0 Å². The zero-order valence-electron chi connectivity index (χ0n) is 18.3. The molecule has 5 heteroatoms. The first-order chi connectivity index (χ1) is 14.4. The molecule has 1 atom stereocenters.